The van der Waals surface area contributed by atoms with Gasteiger partial charge in [0.1, 0.15) is 11.9 Å². The van der Waals surface area contributed by atoms with E-state index < -0.39 is 17.8 Å². The average molecular weight is 238 g/mol. The van der Waals surface area contributed by atoms with Gasteiger partial charge in [0.05, 0.1) is 10.0 Å². The second-order valence-corrected chi connectivity index (χ2v) is 3.40. The van der Waals surface area contributed by atoms with Gasteiger partial charge in [0.25, 0.3) is 0 Å². The summed E-state index contributed by atoms with van der Waals surface area (Å²) in [7, 11) is 0. The van der Waals surface area contributed by atoms with Gasteiger partial charge in [0.15, 0.2) is 0 Å². The number of halogens is 3. The van der Waals surface area contributed by atoms with Crippen LogP contribution in [0.2, 0.25) is 10.0 Å². The van der Waals surface area contributed by atoms with Gasteiger partial charge in [-0.25, -0.2) is 4.39 Å². The first kappa shape index (κ1) is 11.2. The van der Waals surface area contributed by atoms with E-state index in [1.165, 1.54) is 6.07 Å². The molecule has 1 aromatic rings. The maximum atomic E-state index is 13.0. The highest BCUT2D eigenvalue weighted by Gasteiger charge is 2.17. The van der Waals surface area contributed by atoms with E-state index in [1.807, 2.05) is 0 Å². The molecule has 1 atom stereocenters. The minimum Gasteiger partial charge on any atom is -0.480 e. The summed E-state index contributed by atoms with van der Waals surface area (Å²) in [6.45, 7) is 0. The lowest BCUT2D eigenvalue weighted by Crippen LogP contribution is -2.20. The largest absolute Gasteiger partial charge is 0.480 e. The summed E-state index contributed by atoms with van der Waals surface area (Å²) in [5.41, 5.74) is 5.33. The van der Waals surface area contributed by atoms with Crippen LogP contribution in [0.1, 0.15) is 11.6 Å². The van der Waals surface area contributed by atoms with Crippen molar-refractivity contribution < 1.29 is 14.3 Å². The Morgan fingerprint density at radius 1 is 1.50 bits per heavy atom. The summed E-state index contributed by atoms with van der Waals surface area (Å²) in [5.74, 6) is -2.05. The lowest BCUT2D eigenvalue weighted by Gasteiger charge is -2.08. The number of carbonyl (C=O) groups is 1. The number of rotatable bonds is 2. The van der Waals surface area contributed by atoms with E-state index in [4.69, 9.17) is 34.0 Å². The third kappa shape index (κ3) is 2.15. The van der Waals surface area contributed by atoms with Crippen molar-refractivity contribution in [3.8, 4) is 0 Å². The fraction of sp³-hybridized carbons (Fsp3) is 0.125. The maximum absolute atomic E-state index is 13.0. The summed E-state index contributed by atoms with van der Waals surface area (Å²) in [5, 5.41) is 8.26. The topological polar surface area (TPSA) is 63.3 Å². The van der Waals surface area contributed by atoms with E-state index in [0.717, 1.165) is 6.07 Å². The van der Waals surface area contributed by atoms with Crippen LogP contribution in [0.15, 0.2) is 12.1 Å². The minimum atomic E-state index is -1.31. The second kappa shape index (κ2) is 4.13. The van der Waals surface area contributed by atoms with Gasteiger partial charge >= 0.3 is 5.97 Å². The third-order valence-electron chi connectivity index (χ3n) is 1.63. The highest BCUT2D eigenvalue weighted by molar-refractivity contribution is 6.42. The number of nitrogens with two attached hydrogens (primary N) is 1. The smallest absolute Gasteiger partial charge is 0.325 e. The van der Waals surface area contributed by atoms with Crippen LogP contribution in [-0.4, -0.2) is 11.1 Å². The van der Waals surface area contributed by atoms with Crippen LogP contribution < -0.4 is 5.73 Å². The van der Waals surface area contributed by atoms with Crippen molar-refractivity contribution in [3.05, 3.63) is 33.6 Å². The molecule has 1 unspecified atom stereocenters. The highest BCUT2D eigenvalue weighted by Crippen LogP contribution is 2.28. The number of carboxylic acid groups (broad SMARTS) is 1. The number of carboxylic acids is 1. The van der Waals surface area contributed by atoms with Crippen LogP contribution >= 0.6 is 23.2 Å². The SMILES string of the molecule is NC(C(=O)O)c1cc(F)c(Cl)c(Cl)c1. The summed E-state index contributed by atoms with van der Waals surface area (Å²) in [4.78, 5) is 10.5. The van der Waals surface area contributed by atoms with Crippen molar-refractivity contribution >= 4 is 29.2 Å². The molecule has 1 rings (SSSR count). The molecule has 0 spiro atoms. The molecule has 0 aliphatic rings. The van der Waals surface area contributed by atoms with Crippen LogP contribution in [0, 0.1) is 5.82 Å². The molecule has 14 heavy (non-hydrogen) atoms. The Balaban J connectivity index is 3.19. The van der Waals surface area contributed by atoms with Crippen molar-refractivity contribution in [3.63, 3.8) is 0 Å². The van der Waals surface area contributed by atoms with Crippen LogP contribution in [0.25, 0.3) is 0 Å². The predicted molar refractivity (Wildman–Crippen MR) is 51.0 cm³/mol. The van der Waals surface area contributed by atoms with Gasteiger partial charge in [0.2, 0.25) is 0 Å². The normalized spacial score (nSPS) is 12.6. The zero-order valence-electron chi connectivity index (χ0n) is 6.80. The van der Waals surface area contributed by atoms with Gasteiger partial charge in [-0.1, -0.05) is 23.2 Å². The zero-order chi connectivity index (χ0) is 10.9. The van der Waals surface area contributed by atoms with Crippen molar-refractivity contribution in [2.75, 3.05) is 0 Å². The number of hydrogen-bond donors (Lipinski definition) is 2. The van der Waals surface area contributed by atoms with E-state index in [9.17, 15) is 9.18 Å². The van der Waals surface area contributed by atoms with Gasteiger partial charge in [-0.05, 0) is 17.7 Å². The fourth-order valence-corrected chi connectivity index (χ4v) is 1.22. The van der Waals surface area contributed by atoms with E-state index >= 15 is 0 Å². The fourth-order valence-electron chi connectivity index (χ4n) is 0.897. The molecule has 0 saturated heterocycles. The Morgan fingerprint density at radius 3 is 2.50 bits per heavy atom. The molecule has 0 aromatic heterocycles. The quantitative estimate of drug-likeness (QED) is 0.776. The van der Waals surface area contributed by atoms with Gasteiger partial charge < -0.3 is 10.8 Å². The number of hydrogen-bond acceptors (Lipinski definition) is 2. The van der Waals surface area contributed by atoms with Crippen molar-refractivity contribution in [1.29, 1.82) is 0 Å². The third-order valence-corrected chi connectivity index (χ3v) is 2.41. The lowest BCUT2D eigenvalue weighted by molar-refractivity contribution is -0.138. The second-order valence-electron chi connectivity index (χ2n) is 2.61. The molecule has 0 bridgehead atoms. The van der Waals surface area contributed by atoms with E-state index in [2.05, 4.69) is 0 Å². The Kier molecular flexibility index (Phi) is 3.31. The molecule has 76 valence electrons. The molecule has 0 radical (unpaired) electrons. The zero-order valence-corrected chi connectivity index (χ0v) is 8.31. The molecule has 0 saturated carbocycles. The van der Waals surface area contributed by atoms with E-state index in [0.29, 0.717) is 0 Å². The first-order valence-corrected chi connectivity index (χ1v) is 4.32. The Hall–Kier alpha value is -0.840. The average Bonchev–Trinajstić information content (AvgIpc) is 2.12. The Labute approximate surface area is 89.2 Å². The Bertz CT molecular complexity index is 361. The van der Waals surface area contributed by atoms with Crippen molar-refractivity contribution in [2.45, 2.75) is 6.04 Å². The van der Waals surface area contributed by atoms with E-state index in [1.54, 1.807) is 0 Å². The van der Waals surface area contributed by atoms with Crippen LogP contribution in [0.4, 0.5) is 4.39 Å². The molecule has 0 aliphatic heterocycles. The predicted octanol–water partition coefficient (Wildman–Crippen LogP) is 2.22. The molecule has 3 nitrogen and oxygen atoms in total. The minimum absolute atomic E-state index is 0.0571. The standard InChI is InChI=1S/C8H6Cl2FNO2/c9-4-1-3(7(12)8(13)14)2-5(11)6(4)10/h1-2,7H,12H2,(H,13,14). The van der Waals surface area contributed by atoms with Crippen LogP contribution in [0.3, 0.4) is 0 Å². The first-order valence-electron chi connectivity index (χ1n) is 3.56. The van der Waals surface area contributed by atoms with Crippen LogP contribution in [-0.2, 0) is 4.79 Å². The van der Waals surface area contributed by atoms with Gasteiger partial charge in [-0.3, -0.25) is 4.79 Å². The summed E-state index contributed by atoms with van der Waals surface area (Å²) in [6, 6.07) is 0.873. The Morgan fingerprint density at radius 2 is 2.07 bits per heavy atom. The molecular weight excluding hydrogens is 232 g/mol. The molecular formula is C8H6Cl2FNO2. The molecule has 0 heterocycles. The summed E-state index contributed by atoms with van der Waals surface area (Å²) in [6.07, 6.45) is 0. The van der Waals surface area contributed by atoms with Crippen LogP contribution in [0.5, 0.6) is 0 Å². The summed E-state index contributed by atoms with van der Waals surface area (Å²) < 4.78 is 13.0. The molecule has 6 heteroatoms. The van der Waals surface area contributed by atoms with Gasteiger partial charge in [-0.15, -0.1) is 0 Å². The lowest BCUT2D eigenvalue weighted by atomic mass is 10.1. The highest BCUT2D eigenvalue weighted by atomic mass is 35.5. The van der Waals surface area contributed by atoms with Crippen molar-refractivity contribution in [2.24, 2.45) is 5.73 Å². The van der Waals surface area contributed by atoms with Gasteiger partial charge in [0, 0.05) is 0 Å². The summed E-state index contributed by atoms with van der Waals surface area (Å²) >= 11 is 11.0. The molecule has 0 amide bonds. The molecule has 1 aromatic carbocycles. The monoisotopic (exact) mass is 237 g/mol. The number of benzene rings is 1. The maximum Gasteiger partial charge on any atom is 0.325 e. The van der Waals surface area contributed by atoms with Crippen molar-refractivity contribution in [1.82, 2.24) is 0 Å². The van der Waals surface area contributed by atoms with E-state index in [-0.39, 0.29) is 15.6 Å². The van der Waals surface area contributed by atoms with Gasteiger partial charge in [-0.2, -0.15) is 0 Å². The first-order chi connectivity index (χ1) is 6.43. The molecule has 0 fully saturated rings. The molecule has 3 N–H and O–H groups in total. The molecule has 0 aliphatic carbocycles. The number of aliphatic carboxylic acids is 1.